The number of ether oxygens (including phenoxy) is 1. The van der Waals surface area contributed by atoms with E-state index in [4.69, 9.17) is 14.3 Å². The van der Waals surface area contributed by atoms with Gasteiger partial charge in [-0.15, -0.1) is 0 Å². The van der Waals surface area contributed by atoms with Gasteiger partial charge in [0.2, 0.25) is 11.7 Å². The summed E-state index contributed by atoms with van der Waals surface area (Å²) in [7, 11) is 0. The number of furan rings is 1. The van der Waals surface area contributed by atoms with Gasteiger partial charge in [-0.1, -0.05) is 48.5 Å². The lowest BCUT2D eigenvalue weighted by atomic mass is 9.98. The molecule has 5 rings (SSSR count). The van der Waals surface area contributed by atoms with Crippen LogP contribution in [0.3, 0.4) is 0 Å². The van der Waals surface area contributed by atoms with Gasteiger partial charge < -0.3 is 24.9 Å². The van der Waals surface area contributed by atoms with E-state index in [0.29, 0.717) is 18.7 Å². The molecule has 0 saturated heterocycles. The maximum absolute atomic E-state index is 12.3. The van der Waals surface area contributed by atoms with Crippen molar-refractivity contribution in [1.29, 1.82) is 0 Å². The highest BCUT2D eigenvalue weighted by Crippen LogP contribution is 2.44. The smallest absolute Gasteiger partial charge is 0.407 e. The maximum atomic E-state index is 12.3. The highest BCUT2D eigenvalue weighted by atomic mass is 16.5. The summed E-state index contributed by atoms with van der Waals surface area (Å²) in [5.41, 5.74) is 4.66. The summed E-state index contributed by atoms with van der Waals surface area (Å²) in [6, 6.07) is 19.2. The predicted octanol–water partition coefficient (Wildman–Crippen LogP) is 3.77. The molecule has 1 heterocycles. The van der Waals surface area contributed by atoms with Crippen LogP contribution >= 0.6 is 0 Å². The molecule has 34 heavy (non-hydrogen) atoms. The molecular weight excluding hydrogens is 436 g/mol. The fourth-order valence-corrected chi connectivity index (χ4v) is 4.55. The van der Waals surface area contributed by atoms with Crippen LogP contribution in [0.25, 0.3) is 11.1 Å². The molecule has 0 unspecified atom stereocenters. The monoisotopic (exact) mass is 460 g/mol. The van der Waals surface area contributed by atoms with Crippen molar-refractivity contribution in [1.82, 2.24) is 10.6 Å². The summed E-state index contributed by atoms with van der Waals surface area (Å²) in [6.45, 7) is 0.726. The first-order chi connectivity index (χ1) is 16.5. The second-order valence-corrected chi connectivity index (χ2v) is 8.60. The van der Waals surface area contributed by atoms with Gasteiger partial charge in [-0.25, -0.2) is 9.59 Å². The van der Waals surface area contributed by atoms with E-state index in [2.05, 4.69) is 34.9 Å². The Bertz CT molecular complexity index is 1200. The summed E-state index contributed by atoms with van der Waals surface area (Å²) >= 11 is 0. The zero-order valence-electron chi connectivity index (χ0n) is 18.3. The number of carbonyl (C=O) groups excluding carboxylic acids is 2. The first-order valence-electron chi connectivity index (χ1n) is 11.2. The normalized spacial score (nSPS) is 18.0. The zero-order valence-corrected chi connectivity index (χ0v) is 18.3. The number of rotatable bonds is 8. The lowest BCUT2D eigenvalue weighted by Gasteiger charge is -2.14. The van der Waals surface area contributed by atoms with Crippen molar-refractivity contribution in [2.24, 2.45) is 11.8 Å². The molecule has 0 spiro atoms. The Balaban J connectivity index is 1.06. The van der Waals surface area contributed by atoms with Crippen molar-refractivity contribution in [3.05, 3.63) is 83.3 Å². The van der Waals surface area contributed by atoms with Gasteiger partial charge in [0, 0.05) is 18.4 Å². The lowest BCUT2D eigenvalue weighted by Crippen LogP contribution is -2.30. The maximum Gasteiger partial charge on any atom is 0.407 e. The molecule has 2 aliphatic rings. The van der Waals surface area contributed by atoms with Gasteiger partial charge in [0.25, 0.3) is 0 Å². The second kappa shape index (κ2) is 9.05. The van der Waals surface area contributed by atoms with Gasteiger partial charge in [0.05, 0.1) is 6.54 Å². The molecule has 2 amide bonds. The summed E-state index contributed by atoms with van der Waals surface area (Å²) in [4.78, 5) is 35.4. The molecule has 174 valence electrons. The van der Waals surface area contributed by atoms with Crippen LogP contribution in [-0.2, 0) is 16.1 Å². The summed E-state index contributed by atoms with van der Waals surface area (Å²) < 4.78 is 10.7. The number of carboxylic acids is 1. The number of hydrogen-bond donors (Lipinski definition) is 3. The van der Waals surface area contributed by atoms with Crippen LogP contribution < -0.4 is 10.6 Å². The number of carbonyl (C=O) groups is 3. The van der Waals surface area contributed by atoms with E-state index in [-0.39, 0.29) is 42.6 Å². The second-order valence-electron chi connectivity index (χ2n) is 8.60. The minimum atomic E-state index is -1.15. The van der Waals surface area contributed by atoms with E-state index >= 15 is 0 Å². The van der Waals surface area contributed by atoms with E-state index in [1.807, 2.05) is 24.3 Å². The van der Waals surface area contributed by atoms with Crippen molar-refractivity contribution in [3.8, 4) is 11.1 Å². The summed E-state index contributed by atoms with van der Waals surface area (Å²) in [5.74, 6) is -1.23. The molecule has 2 aromatic carbocycles. The largest absolute Gasteiger partial charge is 0.475 e. The van der Waals surface area contributed by atoms with E-state index in [0.717, 1.165) is 11.1 Å². The third-order valence-corrected chi connectivity index (χ3v) is 6.42. The molecule has 2 aliphatic carbocycles. The van der Waals surface area contributed by atoms with E-state index < -0.39 is 12.1 Å². The van der Waals surface area contributed by atoms with Gasteiger partial charge in [-0.05, 0) is 46.7 Å². The predicted molar refractivity (Wildman–Crippen MR) is 122 cm³/mol. The SMILES string of the molecule is O=C(NC[C@@H]1C[C@@H]1C(=O)NCc1ccc(C(=O)O)o1)OCC1c2ccccc2-c2ccccc21. The molecule has 8 nitrogen and oxygen atoms in total. The Labute approximate surface area is 195 Å². The Morgan fingerprint density at radius 1 is 0.941 bits per heavy atom. The Hall–Kier alpha value is -4.07. The first kappa shape index (κ1) is 21.8. The molecule has 0 aliphatic heterocycles. The van der Waals surface area contributed by atoms with Crippen LogP contribution in [0.15, 0.2) is 65.1 Å². The number of amides is 2. The van der Waals surface area contributed by atoms with E-state index in [1.54, 1.807) is 0 Å². The molecule has 2 atom stereocenters. The topological polar surface area (TPSA) is 118 Å². The molecule has 1 fully saturated rings. The number of carboxylic acid groups (broad SMARTS) is 1. The van der Waals surface area contributed by atoms with Gasteiger partial charge in [-0.3, -0.25) is 4.79 Å². The number of alkyl carbamates (subject to hydrolysis) is 1. The average molecular weight is 460 g/mol. The zero-order chi connectivity index (χ0) is 23.7. The van der Waals surface area contributed by atoms with E-state index in [9.17, 15) is 14.4 Å². The van der Waals surface area contributed by atoms with Crippen LogP contribution in [0, 0.1) is 11.8 Å². The lowest BCUT2D eigenvalue weighted by molar-refractivity contribution is -0.122. The number of nitrogens with one attached hydrogen (secondary N) is 2. The Morgan fingerprint density at radius 2 is 1.62 bits per heavy atom. The van der Waals surface area contributed by atoms with Crippen LogP contribution in [0.5, 0.6) is 0 Å². The molecule has 1 saturated carbocycles. The van der Waals surface area contributed by atoms with Crippen LogP contribution in [0.4, 0.5) is 4.79 Å². The number of aromatic carboxylic acids is 1. The highest BCUT2D eigenvalue weighted by molar-refractivity contribution is 5.84. The van der Waals surface area contributed by atoms with E-state index in [1.165, 1.54) is 23.3 Å². The van der Waals surface area contributed by atoms with Gasteiger partial charge in [0.1, 0.15) is 12.4 Å². The van der Waals surface area contributed by atoms with Crippen LogP contribution in [-0.4, -0.2) is 36.2 Å². The number of hydrogen-bond acceptors (Lipinski definition) is 5. The fourth-order valence-electron chi connectivity index (χ4n) is 4.55. The van der Waals surface area contributed by atoms with Crippen molar-refractivity contribution in [2.75, 3.05) is 13.2 Å². The molecule has 8 heteroatoms. The standard InChI is InChI=1S/C26H24N2O6/c29-24(27-13-16-9-10-23(34-16)25(30)31)21-11-15(21)12-28-26(32)33-14-22-19-7-3-1-5-17(19)18-6-2-4-8-20(18)22/h1-10,15,21-22H,11-14H2,(H,27,29)(H,28,32)(H,30,31)/t15-,21-/m0/s1. The summed E-state index contributed by atoms with van der Waals surface area (Å²) in [6.07, 6.45) is 0.179. The molecule has 1 aromatic heterocycles. The van der Waals surface area contributed by atoms with Gasteiger partial charge in [-0.2, -0.15) is 0 Å². The van der Waals surface area contributed by atoms with Crippen LogP contribution in [0.1, 0.15) is 39.8 Å². The minimum absolute atomic E-state index is 0.000782. The van der Waals surface area contributed by atoms with Crippen LogP contribution in [0.2, 0.25) is 0 Å². The van der Waals surface area contributed by atoms with Crippen molar-refractivity contribution < 1.29 is 28.6 Å². The van der Waals surface area contributed by atoms with Crippen molar-refractivity contribution >= 4 is 18.0 Å². The molecule has 0 radical (unpaired) electrons. The molecule has 3 aromatic rings. The summed E-state index contributed by atoms with van der Waals surface area (Å²) in [5, 5.41) is 14.4. The Morgan fingerprint density at radius 3 is 2.26 bits per heavy atom. The average Bonchev–Trinajstić information content (AvgIpc) is 3.34. The molecule has 0 bridgehead atoms. The Kier molecular flexibility index (Phi) is 5.79. The molecular formula is C26H24N2O6. The third-order valence-electron chi connectivity index (χ3n) is 6.42. The fraction of sp³-hybridized carbons (Fsp3) is 0.269. The van der Waals surface area contributed by atoms with Crippen molar-refractivity contribution in [3.63, 3.8) is 0 Å². The minimum Gasteiger partial charge on any atom is -0.475 e. The quantitative estimate of drug-likeness (QED) is 0.471. The molecule has 3 N–H and O–H groups in total. The first-order valence-corrected chi connectivity index (χ1v) is 11.2. The van der Waals surface area contributed by atoms with Gasteiger partial charge in [0.15, 0.2) is 0 Å². The highest BCUT2D eigenvalue weighted by Gasteiger charge is 2.43. The third kappa shape index (κ3) is 4.39. The van der Waals surface area contributed by atoms with Crippen molar-refractivity contribution in [2.45, 2.75) is 18.9 Å². The number of benzene rings is 2. The van der Waals surface area contributed by atoms with Gasteiger partial charge >= 0.3 is 12.1 Å². The number of fused-ring (bicyclic) bond motifs is 3.